The summed E-state index contributed by atoms with van der Waals surface area (Å²) in [5, 5.41) is 0. The van der Waals surface area contributed by atoms with Crippen molar-refractivity contribution < 1.29 is 23.8 Å². The lowest BCUT2D eigenvalue weighted by molar-refractivity contribution is 0.0731. The van der Waals surface area contributed by atoms with E-state index in [9.17, 15) is 9.59 Å². The van der Waals surface area contributed by atoms with Gasteiger partial charge >= 0.3 is 5.97 Å². The predicted molar refractivity (Wildman–Crippen MR) is 101 cm³/mol. The van der Waals surface area contributed by atoms with Crippen LogP contribution < -0.4 is 14.2 Å². The molecule has 0 atom stereocenters. The fraction of sp³-hybridized carbons (Fsp3) is 0.0909. The van der Waals surface area contributed by atoms with Gasteiger partial charge in [0.1, 0.15) is 22.8 Å². The second-order valence-electron chi connectivity index (χ2n) is 5.68. The second-order valence-corrected chi connectivity index (χ2v) is 5.68. The first-order valence-corrected chi connectivity index (χ1v) is 8.26. The SMILES string of the molecule is COc1ccc(OC)c(C(=O)Oc2ccc(C(=O)c3ccccc3)cc2)c1. The van der Waals surface area contributed by atoms with Crippen molar-refractivity contribution >= 4 is 11.8 Å². The molecular formula is C22H18O5. The van der Waals surface area contributed by atoms with Gasteiger partial charge < -0.3 is 14.2 Å². The van der Waals surface area contributed by atoms with E-state index in [1.54, 1.807) is 54.6 Å². The van der Waals surface area contributed by atoms with Gasteiger partial charge in [0.05, 0.1) is 14.2 Å². The van der Waals surface area contributed by atoms with Gasteiger partial charge in [0.15, 0.2) is 5.78 Å². The molecule has 0 saturated carbocycles. The maximum Gasteiger partial charge on any atom is 0.347 e. The zero-order chi connectivity index (χ0) is 19.2. The van der Waals surface area contributed by atoms with E-state index in [4.69, 9.17) is 14.2 Å². The van der Waals surface area contributed by atoms with Gasteiger partial charge in [0.25, 0.3) is 0 Å². The Labute approximate surface area is 157 Å². The average Bonchev–Trinajstić information content (AvgIpc) is 2.73. The molecule has 0 aromatic heterocycles. The predicted octanol–water partition coefficient (Wildman–Crippen LogP) is 4.15. The molecule has 0 N–H and O–H groups in total. The highest BCUT2D eigenvalue weighted by molar-refractivity contribution is 6.09. The molecule has 3 rings (SSSR count). The molecule has 0 unspecified atom stereocenters. The summed E-state index contributed by atoms with van der Waals surface area (Å²) in [5.41, 5.74) is 1.37. The molecule has 27 heavy (non-hydrogen) atoms. The highest BCUT2D eigenvalue weighted by atomic mass is 16.5. The Bertz CT molecular complexity index is 946. The molecule has 136 valence electrons. The molecule has 0 amide bonds. The molecule has 0 saturated heterocycles. The molecule has 0 bridgehead atoms. The molecule has 3 aromatic carbocycles. The quantitative estimate of drug-likeness (QED) is 0.374. The average molecular weight is 362 g/mol. The number of ketones is 1. The molecule has 0 fully saturated rings. The summed E-state index contributed by atoms with van der Waals surface area (Å²) in [5.74, 6) is 0.563. The smallest absolute Gasteiger partial charge is 0.347 e. The lowest BCUT2D eigenvalue weighted by Gasteiger charge is -2.10. The van der Waals surface area contributed by atoms with Crippen molar-refractivity contribution in [3.63, 3.8) is 0 Å². The molecule has 0 aliphatic heterocycles. The minimum atomic E-state index is -0.576. The number of rotatable bonds is 6. The number of ether oxygens (including phenoxy) is 3. The van der Waals surface area contributed by atoms with Crippen molar-refractivity contribution in [1.29, 1.82) is 0 Å². The zero-order valence-corrected chi connectivity index (χ0v) is 15.0. The molecule has 0 heterocycles. The molecule has 5 nitrogen and oxygen atoms in total. The van der Waals surface area contributed by atoms with E-state index in [1.165, 1.54) is 14.2 Å². The number of esters is 1. The maximum atomic E-state index is 12.5. The van der Waals surface area contributed by atoms with Crippen LogP contribution in [0.25, 0.3) is 0 Å². The van der Waals surface area contributed by atoms with Crippen molar-refractivity contribution in [1.82, 2.24) is 0 Å². The zero-order valence-electron chi connectivity index (χ0n) is 15.0. The Hall–Kier alpha value is -3.60. The van der Waals surface area contributed by atoms with Crippen LogP contribution in [0.3, 0.4) is 0 Å². The molecule has 0 spiro atoms. The number of hydrogen-bond donors (Lipinski definition) is 0. The molecule has 3 aromatic rings. The van der Waals surface area contributed by atoms with Crippen molar-refractivity contribution in [2.24, 2.45) is 0 Å². The van der Waals surface area contributed by atoms with E-state index in [1.807, 2.05) is 18.2 Å². The van der Waals surface area contributed by atoms with E-state index in [0.717, 1.165) is 0 Å². The van der Waals surface area contributed by atoms with Gasteiger partial charge in [-0.3, -0.25) is 4.79 Å². The van der Waals surface area contributed by atoms with Gasteiger partial charge in [-0.2, -0.15) is 0 Å². The van der Waals surface area contributed by atoms with Crippen molar-refractivity contribution in [3.05, 3.63) is 89.5 Å². The van der Waals surface area contributed by atoms with E-state index in [0.29, 0.717) is 28.4 Å². The summed E-state index contributed by atoms with van der Waals surface area (Å²) < 4.78 is 15.7. The molecule has 5 heteroatoms. The van der Waals surface area contributed by atoms with E-state index in [-0.39, 0.29) is 11.3 Å². The Morgan fingerprint density at radius 2 is 1.33 bits per heavy atom. The van der Waals surface area contributed by atoms with Crippen molar-refractivity contribution in [2.45, 2.75) is 0 Å². The van der Waals surface area contributed by atoms with E-state index < -0.39 is 5.97 Å². The van der Waals surface area contributed by atoms with Gasteiger partial charge in [-0.05, 0) is 42.5 Å². The van der Waals surface area contributed by atoms with Crippen LogP contribution in [-0.2, 0) is 0 Å². The minimum Gasteiger partial charge on any atom is -0.497 e. The summed E-state index contributed by atoms with van der Waals surface area (Å²) in [6, 6.07) is 20.3. The van der Waals surface area contributed by atoms with Crippen LogP contribution >= 0.6 is 0 Å². The van der Waals surface area contributed by atoms with Crippen LogP contribution in [0.4, 0.5) is 0 Å². The second kappa shape index (κ2) is 8.19. The van der Waals surface area contributed by atoms with Crippen molar-refractivity contribution in [2.75, 3.05) is 14.2 Å². The van der Waals surface area contributed by atoms with Gasteiger partial charge in [0.2, 0.25) is 0 Å². The van der Waals surface area contributed by atoms with Crippen LogP contribution in [-0.4, -0.2) is 26.0 Å². The molecule has 0 aliphatic rings. The third kappa shape index (κ3) is 4.15. The van der Waals surface area contributed by atoms with Gasteiger partial charge in [0, 0.05) is 11.1 Å². The summed E-state index contributed by atoms with van der Waals surface area (Å²) in [6.45, 7) is 0. The van der Waals surface area contributed by atoms with Gasteiger partial charge in [-0.15, -0.1) is 0 Å². The Kier molecular flexibility index (Phi) is 5.52. The van der Waals surface area contributed by atoms with Gasteiger partial charge in [-0.25, -0.2) is 4.79 Å². The number of hydrogen-bond acceptors (Lipinski definition) is 5. The fourth-order valence-electron chi connectivity index (χ4n) is 2.57. The van der Waals surface area contributed by atoms with E-state index >= 15 is 0 Å². The maximum absolute atomic E-state index is 12.5. The summed E-state index contributed by atoms with van der Waals surface area (Å²) in [4.78, 5) is 24.9. The van der Waals surface area contributed by atoms with Crippen molar-refractivity contribution in [3.8, 4) is 17.2 Å². The standard InChI is InChI=1S/C22H18O5/c1-25-18-12-13-20(26-2)19(14-18)22(24)27-17-10-8-16(9-11-17)21(23)15-6-4-3-5-7-15/h3-14H,1-2H3. The fourth-order valence-corrected chi connectivity index (χ4v) is 2.57. The monoisotopic (exact) mass is 362 g/mol. The Morgan fingerprint density at radius 3 is 1.96 bits per heavy atom. The molecule has 0 radical (unpaired) electrons. The molecular weight excluding hydrogens is 344 g/mol. The number of benzene rings is 3. The lowest BCUT2D eigenvalue weighted by atomic mass is 10.0. The summed E-state index contributed by atoms with van der Waals surface area (Å²) >= 11 is 0. The normalized spacial score (nSPS) is 10.1. The highest BCUT2D eigenvalue weighted by Gasteiger charge is 2.16. The first-order chi connectivity index (χ1) is 13.1. The van der Waals surface area contributed by atoms with Crippen LogP contribution in [0.1, 0.15) is 26.3 Å². The molecule has 0 aliphatic carbocycles. The highest BCUT2D eigenvalue weighted by Crippen LogP contribution is 2.26. The van der Waals surface area contributed by atoms with Gasteiger partial charge in [-0.1, -0.05) is 30.3 Å². The number of carbonyl (C=O) groups is 2. The first kappa shape index (κ1) is 18.2. The largest absolute Gasteiger partial charge is 0.497 e. The first-order valence-electron chi connectivity index (χ1n) is 8.26. The van der Waals surface area contributed by atoms with Crippen LogP contribution in [0, 0.1) is 0 Å². The number of methoxy groups -OCH3 is 2. The third-order valence-electron chi connectivity index (χ3n) is 3.99. The lowest BCUT2D eigenvalue weighted by Crippen LogP contribution is -2.10. The van der Waals surface area contributed by atoms with Crippen LogP contribution in [0.15, 0.2) is 72.8 Å². The number of carbonyl (C=O) groups excluding carboxylic acids is 2. The van der Waals surface area contributed by atoms with Crippen LogP contribution in [0.5, 0.6) is 17.2 Å². The topological polar surface area (TPSA) is 61.8 Å². The Balaban J connectivity index is 1.77. The summed E-state index contributed by atoms with van der Waals surface area (Å²) in [6.07, 6.45) is 0. The van der Waals surface area contributed by atoms with Crippen LogP contribution in [0.2, 0.25) is 0 Å². The third-order valence-corrected chi connectivity index (χ3v) is 3.99. The Morgan fingerprint density at radius 1 is 0.704 bits per heavy atom. The summed E-state index contributed by atoms with van der Waals surface area (Å²) in [7, 11) is 2.99. The minimum absolute atomic E-state index is 0.0945. The van der Waals surface area contributed by atoms with E-state index in [2.05, 4.69) is 0 Å².